The van der Waals surface area contributed by atoms with Crippen molar-refractivity contribution in [2.75, 3.05) is 19.0 Å². The van der Waals surface area contributed by atoms with Crippen LogP contribution in [0.5, 0.6) is 5.75 Å². The lowest BCUT2D eigenvalue weighted by molar-refractivity contribution is -0.116. The molecule has 0 unspecified atom stereocenters. The lowest BCUT2D eigenvalue weighted by Gasteiger charge is -2.22. The predicted octanol–water partition coefficient (Wildman–Crippen LogP) is 4.83. The number of ether oxygens (including phenoxy) is 1. The minimum absolute atomic E-state index is 0.00971. The molecule has 0 saturated heterocycles. The molecule has 3 rings (SSSR count). The van der Waals surface area contributed by atoms with Crippen LogP contribution in [0.3, 0.4) is 0 Å². The van der Waals surface area contributed by atoms with E-state index in [9.17, 15) is 13.2 Å². The number of benzene rings is 3. The van der Waals surface area contributed by atoms with Gasteiger partial charge in [0.1, 0.15) is 5.75 Å². The average molecular weight is 479 g/mol. The van der Waals surface area contributed by atoms with Gasteiger partial charge in [-0.25, -0.2) is 8.42 Å². The van der Waals surface area contributed by atoms with Gasteiger partial charge in [0.25, 0.3) is 0 Å². The molecule has 31 heavy (non-hydrogen) atoms. The van der Waals surface area contributed by atoms with Crippen LogP contribution in [0, 0.1) is 0 Å². The highest BCUT2D eigenvalue weighted by atomic mass is 35.5. The first-order chi connectivity index (χ1) is 14.8. The van der Waals surface area contributed by atoms with Crippen LogP contribution in [-0.4, -0.2) is 32.3 Å². The van der Waals surface area contributed by atoms with Gasteiger partial charge in [-0.1, -0.05) is 59.6 Å². The maximum atomic E-state index is 13.4. The topological polar surface area (TPSA) is 75.7 Å². The van der Waals surface area contributed by atoms with Crippen LogP contribution in [0.15, 0.2) is 77.7 Å². The number of nitrogens with zero attached hydrogens (tertiary/aromatic N) is 1. The van der Waals surface area contributed by atoms with E-state index in [1.165, 1.54) is 25.3 Å². The van der Waals surface area contributed by atoms with Gasteiger partial charge in [0, 0.05) is 17.3 Å². The molecule has 6 nitrogen and oxygen atoms in total. The molecule has 0 bridgehead atoms. The zero-order chi connectivity index (χ0) is 22.4. The highest BCUT2D eigenvalue weighted by Crippen LogP contribution is 2.29. The highest BCUT2D eigenvalue weighted by molar-refractivity contribution is 7.89. The second kappa shape index (κ2) is 10.2. The zero-order valence-corrected chi connectivity index (χ0v) is 18.9. The summed E-state index contributed by atoms with van der Waals surface area (Å²) < 4.78 is 32.9. The van der Waals surface area contributed by atoms with Crippen molar-refractivity contribution in [3.8, 4) is 5.75 Å². The third kappa shape index (κ3) is 5.98. The van der Waals surface area contributed by atoms with Crippen LogP contribution in [0.4, 0.5) is 5.69 Å². The molecule has 0 heterocycles. The molecule has 0 radical (unpaired) electrons. The minimum Gasteiger partial charge on any atom is -0.495 e. The second-order valence-electron chi connectivity index (χ2n) is 6.61. The van der Waals surface area contributed by atoms with Crippen molar-refractivity contribution in [2.24, 2.45) is 0 Å². The number of halogens is 2. The molecule has 0 aliphatic rings. The molecule has 0 aliphatic carbocycles. The van der Waals surface area contributed by atoms with E-state index in [4.69, 9.17) is 27.9 Å². The molecule has 0 aliphatic heterocycles. The van der Waals surface area contributed by atoms with Crippen LogP contribution in [-0.2, 0) is 21.4 Å². The van der Waals surface area contributed by atoms with Crippen LogP contribution in [0.25, 0.3) is 0 Å². The van der Waals surface area contributed by atoms with Crippen molar-refractivity contribution in [1.29, 1.82) is 0 Å². The summed E-state index contributed by atoms with van der Waals surface area (Å²) in [4.78, 5) is 12.6. The van der Waals surface area contributed by atoms with E-state index in [1.54, 1.807) is 48.5 Å². The van der Waals surface area contributed by atoms with Gasteiger partial charge in [-0.15, -0.1) is 0 Å². The van der Waals surface area contributed by atoms with Gasteiger partial charge >= 0.3 is 0 Å². The molecule has 162 valence electrons. The Kier molecular flexibility index (Phi) is 7.56. The van der Waals surface area contributed by atoms with Crippen LogP contribution in [0.1, 0.15) is 5.56 Å². The van der Waals surface area contributed by atoms with Gasteiger partial charge in [-0.05, 0) is 42.0 Å². The quantitative estimate of drug-likeness (QED) is 0.502. The van der Waals surface area contributed by atoms with Crippen molar-refractivity contribution >= 4 is 44.8 Å². The van der Waals surface area contributed by atoms with Gasteiger partial charge in [0.2, 0.25) is 15.9 Å². The largest absolute Gasteiger partial charge is 0.495 e. The molecule has 3 aromatic carbocycles. The highest BCUT2D eigenvalue weighted by Gasteiger charge is 2.28. The lowest BCUT2D eigenvalue weighted by atomic mass is 10.2. The Morgan fingerprint density at radius 1 is 1.00 bits per heavy atom. The molecule has 0 atom stereocenters. The van der Waals surface area contributed by atoms with Crippen LogP contribution in [0.2, 0.25) is 10.0 Å². The number of carbonyl (C=O) groups is 1. The molecule has 1 N–H and O–H groups in total. The fourth-order valence-electron chi connectivity index (χ4n) is 2.90. The first kappa shape index (κ1) is 23.1. The molecular formula is C22H20Cl2N2O4S. The maximum absolute atomic E-state index is 13.4. The number of sulfonamides is 1. The number of amides is 1. The zero-order valence-electron chi connectivity index (χ0n) is 16.6. The Morgan fingerprint density at radius 2 is 1.74 bits per heavy atom. The van der Waals surface area contributed by atoms with Gasteiger partial charge in [0.05, 0.1) is 23.6 Å². The van der Waals surface area contributed by atoms with Gasteiger partial charge < -0.3 is 10.1 Å². The monoisotopic (exact) mass is 478 g/mol. The van der Waals surface area contributed by atoms with E-state index in [-0.39, 0.29) is 16.5 Å². The summed E-state index contributed by atoms with van der Waals surface area (Å²) in [5.74, 6) is -0.143. The number of methoxy groups -OCH3 is 1. The number of nitrogens with one attached hydrogen (secondary N) is 1. The normalized spacial score (nSPS) is 11.4. The van der Waals surface area contributed by atoms with Gasteiger partial charge in [-0.3, -0.25) is 4.79 Å². The Balaban J connectivity index is 1.89. The molecular weight excluding hydrogens is 459 g/mol. The Hall–Kier alpha value is -2.58. The van der Waals surface area contributed by atoms with E-state index in [1.807, 2.05) is 6.07 Å². The Morgan fingerprint density at radius 3 is 2.39 bits per heavy atom. The molecule has 0 fully saturated rings. The van der Waals surface area contributed by atoms with E-state index in [2.05, 4.69) is 5.32 Å². The third-order valence-electron chi connectivity index (χ3n) is 4.39. The lowest BCUT2D eigenvalue weighted by Crippen LogP contribution is -2.37. The van der Waals surface area contributed by atoms with Crippen LogP contribution >= 0.6 is 23.2 Å². The summed E-state index contributed by atoms with van der Waals surface area (Å²) in [5, 5.41) is 3.29. The summed E-state index contributed by atoms with van der Waals surface area (Å²) in [7, 11) is -2.59. The smallest absolute Gasteiger partial charge is 0.243 e. The molecule has 0 aromatic heterocycles. The average Bonchev–Trinajstić information content (AvgIpc) is 2.74. The predicted molar refractivity (Wildman–Crippen MR) is 122 cm³/mol. The Bertz CT molecular complexity index is 1170. The van der Waals surface area contributed by atoms with Crippen LogP contribution < -0.4 is 10.1 Å². The standard InChI is InChI=1S/C22H20Cl2N2O4S/c1-30-21-11-10-19(13-20(21)24)31(28,29)26(14-16-6-3-2-4-7-16)15-22(27)25-18-9-5-8-17(23)12-18/h2-13H,14-15H2,1H3,(H,25,27). The molecule has 1 amide bonds. The number of hydrogen-bond acceptors (Lipinski definition) is 4. The van der Waals surface area contributed by atoms with Crippen molar-refractivity contribution < 1.29 is 17.9 Å². The number of carbonyl (C=O) groups excluding carboxylic acids is 1. The van der Waals surface area contributed by atoms with Crippen molar-refractivity contribution in [3.63, 3.8) is 0 Å². The van der Waals surface area contributed by atoms with Crippen molar-refractivity contribution in [1.82, 2.24) is 4.31 Å². The minimum atomic E-state index is -4.04. The summed E-state index contributed by atoms with van der Waals surface area (Å²) in [5.41, 5.74) is 1.21. The Labute approximate surface area is 191 Å². The van der Waals surface area contributed by atoms with Crippen molar-refractivity contribution in [2.45, 2.75) is 11.4 Å². The van der Waals surface area contributed by atoms with E-state index in [0.29, 0.717) is 16.5 Å². The van der Waals surface area contributed by atoms with Gasteiger partial charge in [-0.2, -0.15) is 4.31 Å². The maximum Gasteiger partial charge on any atom is 0.243 e. The van der Waals surface area contributed by atoms with E-state index in [0.717, 1.165) is 9.87 Å². The molecule has 0 saturated carbocycles. The number of anilines is 1. The summed E-state index contributed by atoms with van der Waals surface area (Å²) in [6.07, 6.45) is 0. The van der Waals surface area contributed by atoms with Crippen molar-refractivity contribution in [3.05, 3.63) is 88.4 Å². The SMILES string of the molecule is COc1ccc(S(=O)(=O)N(CC(=O)Nc2cccc(Cl)c2)Cc2ccccc2)cc1Cl. The molecule has 0 spiro atoms. The van der Waals surface area contributed by atoms with E-state index >= 15 is 0 Å². The number of rotatable bonds is 8. The summed E-state index contributed by atoms with van der Waals surface area (Å²) >= 11 is 12.1. The first-order valence-corrected chi connectivity index (χ1v) is 11.4. The second-order valence-corrected chi connectivity index (χ2v) is 9.40. The summed E-state index contributed by atoms with van der Waals surface area (Å²) in [6.45, 7) is -0.386. The first-order valence-electron chi connectivity index (χ1n) is 9.22. The van der Waals surface area contributed by atoms with E-state index < -0.39 is 22.5 Å². The molecule has 3 aromatic rings. The number of hydrogen-bond donors (Lipinski definition) is 1. The summed E-state index contributed by atoms with van der Waals surface area (Å²) in [6, 6.07) is 19.8. The third-order valence-corrected chi connectivity index (χ3v) is 6.71. The fourth-order valence-corrected chi connectivity index (χ4v) is 4.82. The van der Waals surface area contributed by atoms with Gasteiger partial charge in [0.15, 0.2) is 0 Å². The molecule has 9 heteroatoms. The fraction of sp³-hybridized carbons (Fsp3) is 0.136.